The van der Waals surface area contributed by atoms with E-state index in [-0.39, 0.29) is 10.8 Å². The van der Waals surface area contributed by atoms with Gasteiger partial charge in [-0.15, -0.1) is 0 Å². The van der Waals surface area contributed by atoms with Gasteiger partial charge < -0.3 is 0 Å². The van der Waals surface area contributed by atoms with E-state index in [2.05, 4.69) is 13.0 Å². The predicted molar refractivity (Wildman–Crippen MR) is 79.5 cm³/mol. The van der Waals surface area contributed by atoms with Gasteiger partial charge in [-0.1, -0.05) is 24.1 Å². The number of hydrogen-bond donors (Lipinski definition) is 0. The van der Waals surface area contributed by atoms with Crippen LogP contribution in [0, 0.1) is 28.6 Å². The highest BCUT2D eigenvalue weighted by Gasteiger charge is 2.63. The van der Waals surface area contributed by atoms with Crippen LogP contribution in [0.2, 0.25) is 0 Å². The van der Waals surface area contributed by atoms with Crippen molar-refractivity contribution in [3.8, 4) is 0 Å². The zero-order valence-electron chi connectivity index (χ0n) is 12.7. The van der Waals surface area contributed by atoms with Crippen molar-refractivity contribution >= 4 is 11.6 Å². The summed E-state index contributed by atoms with van der Waals surface area (Å²) in [5.41, 5.74) is 3.24. The van der Waals surface area contributed by atoms with Gasteiger partial charge in [0.25, 0.3) is 0 Å². The summed E-state index contributed by atoms with van der Waals surface area (Å²) in [5, 5.41) is 0. The summed E-state index contributed by atoms with van der Waals surface area (Å²) in [6.45, 7) is 2.21. The zero-order chi connectivity index (χ0) is 14.4. The molecular weight excluding hydrogens is 260 g/mol. The summed E-state index contributed by atoms with van der Waals surface area (Å²) < 4.78 is 0. The Morgan fingerprint density at radius 1 is 1.19 bits per heavy atom. The quantitative estimate of drug-likeness (QED) is 0.636. The normalized spacial score (nSPS) is 50.4. The van der Waals surface area contributed by atoms with Crippen LogP contribution in [0.5, 0.6) is 0 Å². The lowest BCUT2D eigenvalue weighted by molar-refractivity contribution is -0.127. The molecule has 4 fully saturated rings. The van der Waals surface area contributed by atoms with Crippen LogP contribution in [0.1, 0.15) is 51.9 Å². The fourth-order valence-corrected chi connectivity index (χ4v) is 6.48. The first-order valence-corrected chi connectivity index (χ1v) is 8.53. The van der Waals surface area contributed by atoms with E-state index in [4.69, 9.17) is 0 Å². The van der Waals surface area contributed by atoms with Crippen molar-refractivity contribution in [3.63, 3.8) is 0 Å². The van der Waals surface area contributed by atoms with Gasteiger partial charge in [0.05, 0.1) is 0 Å². The van der Waals surface area contributed by atoms with E-state index in [1.165, 1.54) is 18.4 Å². The van der Waals surface area contributed by atoms with Gasteiger partial charge in [0.2, 0.25) is 0 Å². The molecule has 6 aliphatic rings. The first-order chi connectivity index (χ1) is 10.0. The smallest absolute Gasteiger partial charge is 0.155 e. The standard InChI is InChI=1S/C19H22O2/c1-18-6-5-15-13(14(18)2-3-17(18)21)8-11-10-19(15)7-4-12(20)9-16(11)19/h5,9,11,13-14H,2-4,6-8,10H2,1H3/t11?,13-,14-,18-,19-/m0/s1. The molecule has 6 rings (SSSR count). The molecule has 0 radical (unpaired) electrons. The molecule has 110 valence electrons. The van der Waals surface area contributed by atoms with E-state index in [1.54, 1.807) is 5.57 Å². The number of fused-ring (bicyclic) bond motifs is 1. The van der Waals surface area contributed by atoms with Crippen LogP contribution in [0.15, 0.2) is 23.3 Å². The molecule has 0 aliphatic heterocycles. The van der Waals surface area contributed by atoms with E-state index >= 15 is 0 Å². The van der Waals surface area contributed by atoms with Gasteiger partial charge in [0.1, 0.15) is 5.78 Å². The average Bonchev–Trinajstić information content (AvgIpc) is 2.77. The van der Waals surface area contributed by atoms with Crippen molar-refractivity contribution in [1.82, 2.24) is 0 Å². The molecule has 2 bridgehead atoms. The van der Waals surface area contributed by atoms with Gasteiger partial charge in [-0.2, -0.15) is 0 Å². The first-order valence-electron chi connectivity index (χ1n) is 8.53. The molecule has 2 heteroatoms. The van der Waals surface area contributed by atoms with E-state index < -0.39 is 0 Å². The summed E-state index contributed by atoms with van der Waals surface area (Å²) in [4.78, 5) is 24.1. The number of rotatable bonds is 0. The number of Topliss-reactive ketones (excluding diaryl/α,β-unsaturated/α-hetero) is 1. The average molecular weight is 282 g/mol. The second kappa shape index (κ2) is 3.59. The lowest BCUT2D eigenvalue weighted by Crippen LogP contribution is -2.55. The maximum atomic E-state index is 12.3. The number of ketones is 2. The maximum absolute atomic E-state index is 12.3. The molecule has 0 aromatic rings. The molecule has 2 nitrogen and oxygen atoms in total. The van der Waals surface area contributed by atoms with Crippen molar-refractivity contribution in [2.45, 2.75) is 51.9 Å². The fraction of sp³-hybridized carbons (Fsp3) is 0.684. The van der Waals surface area contributed by atoms with Crippen molar-refractivity contribution < 1.29 is 9.59 Å². The lowest BCUT2D eigenvalue weighted by Gasteiger charge is -2.64. The molecule has 1 spiro atoms. The second-order valence-corrected chi connectivity index (χ2v) is 8.24. The minimum absolute atomic E-state index is 0.0804. The Bertz CT molecular complexity index is 640. The Morgan fingerprint density at radius 2 is 2.05 bits per heavy atom. The highest BCUT2D eigenvalue weighted by Crippen LogP contribution is 2.71. The number of carbonyl (C=O) groups is 2. The second-order valence-electron chi connectivity index (χ2n) is 8.24. The first kappa shape index (κ1) is 12.4. The predicted octanol–water partition coefficient (Wildman–Crippen LogP) is 3.62. The summed E-state index contributed by atoms with van der Waals surface area (Å²) in [6, 6.07) is 0. The number of carbonyl (C=O) groups excluding carboxylic acids is 2. The Kier molecular flexibility index (Phi) is 2.11. The Hall–Kier alpha value is -1.18. The van der Waals surface area contributed by atoms with E-state index in [1.807, 2.05) is 6.08 Å². The van der Waals surface area contributed by atoms with Crippen LogP contribution in [0.25, 0.3) is 0 Å². The fourth-order valence-electron chi connectivity index (χ4n) is 6.48. The monoisotopic (exact) mass is 282 g/mol. The highest BCUT2D eigenvalue weighted by atomic mass is 16.1. The maximum Gasteiger partial charge on any atom is 0.155 e. The molecule has 0 aromatic carbocycles. The molecular formula is C19H22O2. The van der Waals surface area contributed by atoms with E-state index in [9.17, 15) is 9.59 Å². The van der Waals surface area contributed by atoms with Gasteiger partial charge in [-0.3, -0.25) is 9.59 Å². The summed E-state index contributed by atoms with van der Waals surface area (Å²) in [7, 11) is 0. The molecule has 6 aliphatic carbocycles. The zero-order valence-corrected chi connectivity index (χ0v) is 12.7. The molecule has 0 saturated heterocycles. The Labute approximate surface area is 125 Å². The van der Waals surface area contributed by atoms with Crippen LogP contribution in [0.4, 0.5) is 0 Å². The summed E-state index contributed by atoms with van der Waals surface area (Å²) in [5.74, 6) is 2.66. The van der Waals surface area contributed by atoms with Crippen molar-refractivity contribution in [3.05, 3.63) is 23.3 Å². The van der Waals surface area contributed by atoms with Crippen LogP contribution in [0.3, 0.4) is 0 Å². The van der Waals surface area contributed by atoms with Gasteiger partial charge >= 0.3 is 0 Å². The topological polar surface area (TPSA) is 34.1 Å². The molecule has 0 aromatic heterocycles. The Balaban J connectivity index is 1.62. The Morgan fingerprint density at radius 3 is 2.90 bits per heavy atom. The molecule has 5 atom stereocenters. The van der Waals surface area contributed by atoms with E-state index in [0.29, 0.717) is 29.3 Å². The molecule has 4 saturated carbocycles. The lowest BCUT2D eigenvalue weighted by atomic mass is 9.40. The molecule has 1 unspecified atom stereocenters. The van der Waals surface area contributed by atoms with Gasteiger partial charge in [-0.25, -0.2) is 0 Å². The van der Waals surface area contributed by atoms with Crippen molar-refractivity contribution in [2.24, 2.45) is 28.6 Å². The molecule has 0 N–H and O–H groups in total. The van der Waals surface area contributed by atoms with Crippen molar-refractivity contribution in [2.75, 3.05) is 0 Å². The third kappa shape index (κ3) is 1.27. The SMILES string of the molecule is C[C@]12CC=C3[C@@H](CC4C[C@@]35CCC(=O)C=C45)[C@@H]1CCC2=O. The van der Waals surface area contributed by atoms with Gasteiger partial charge in [0, 0.05) is 23.7 Å². The van der Waals surface area contributed by atoms with Crippen LogP contribution < -0.4 is 0 Å². The number of hydrogen-bond acceptors (Lipinski definition) is 2. The molecule has 21 heavy (non-hydrogen) atoms. The van der Waals surface area contributed by atoms with Gasteiger partial charge in [0.15, 0.2) is 5.78 Å². The largest absolute Gasteiger partial charge is 0.299 e. The molecule has 0 amide bonds. The highest BCUT2D eigenvalue weighted by molar-refractivity contribution is 5.93. The van der Waals surface area contributed by atoms with Crippen LogP contribution >= 0.6 is 0 Å². The minimum Gasteiger partial charge on any atom is -0.299 e. The third-order valence-corrected chi connectivity index (χ3v) is 7.56. The van der Waals surface area contributed by atoms with Crippen LogP contribution in [-0.2, 0) is 9.59 Å². The minimum atomic E-state index is -0.0804. The van der Waals surface area contributed by atoms with Gasteiger partial charge in [-0.05, 0) is 55.9 Å². The third-order valence-electron chi connectivity index (χ3n) is 7.56. The summed E-state index contributed by atoms with van der Waals surface area (Å²) >= 11 is 0. The van der Waals surface area contributed by atoms with E-state index in [0.717, 1.165) is 32.1 Å². The molecule has 0 heterocycles. The number of allylic oxidation sites excluding steroid dienone is 4. The summed E-state index contributed by atoms with van der Waals surface area (Å²) in [6.07, 6.45) is 11.4. The van der Waals surface area contributed by atoms with Crippen LogP contribution in [-0.4, -0.2) is 11.6 Å². The van der Waals surface area contributed by atoms with Crippen molar-refractivity contribution in [1.29, 1.82) is 0 Å².